The zero-order valence-corrected chi connectivity index (χ0v) is 12.1. The van der Waals surface area contributed by atoms with E-state index in [4.69, 9.17) is 5.11 Å². The molecule has 110 valence electrons. The Morgan fingerprint density at radius 3 is 2.42 bits per heavy atom. The Morgan fingerprint density at radius 1 is 1.21 bits per heavy atom. The maximum atomic E-state index is 11.9. The zero-order valence-electron chi connectivity index (χ0n) is 12.1. The van der Waals surface area contributed by atoms with Gasteiger partial charge in [0.15, 0.2) is 0 Å². The van der Waals surface area contributed by atoms with E-state index in [-0.39, 0.29) is 18.0 Å². The fourth-order valence-corrected chi connectivity index (χ4v) is 2.35. The second-order valence-corrected chi connectivity index (χ2v) is 5.57. The predicted molar refractivity (Wildman–Crippen MR) is 73.1 cm³/mol. The highest BCUT2D eigenvalue weighted by Gasteiger charge is 2.30. The average molecular weight is 271 g/mol. The minimum absolute atomic E-state index is 0.00454. The number of carboxylic acid groups (broad SMARTS) is 1. The molecule has 1 saturated carbocycles. The molecule has 0 saturated heterocycles. The van der Waals surface area contributed by atoms with Gasteiger partial charge in [-0.15, -0.1) is 0 Å². The Kier molecular flexibility index (Phi) is 6.08. The fourth-order valence-electron chi connectivity index (χ4n) is 2.35. The molecule has 6 heteroatoms. The largest absolute Gasteiger partial charge is 0.481 e. The van der Waals surface area contributed by atoms with Gasteiger partial charge in [0.05, 0.1) is 5.92 Å². The van der Waals surface area contributed by atoms with Crippen molar-refractivity contribution in [2.45, 2.75) is 31.7 Å². The van der Waals surface area contributed by atoms with Crippen LogP contribution in [0.5, 0.6) is 0 Å². The van der Waals surface area contributed by atoms with Gasteiger partial charge in [-0.3, -0.25) is 4.79 Å². The van der Waals surface area contributed by atoms with Gasteiger partial charge < -0.3 is 20.2 Å². The third kappa shape index (κ3) is 5.46. The van der Waals surface area contributed by atoms with Crippen molar-refractivity contribution in [3.8, 4) is 0 Å². The van der Waals surface area contributed by atoms with Crippen LogP contribution in [0, 0.1) is 5.92 Å². The van der Waals surface area contributed by atoms with Crippen LogP contribution in [0.1, 0.15) is 25.7 Å². The number of rotatable bonds is 6. The van der Waals surface area contributed by atoms with Crippen LogP contribution in [0.25, 0.3) is 0 Å². The van der Waals surface area contributed by atoms with Crippen LogP contribution in [0.4, 0.5) is 4.79 Å². The molecule has 19 heavy (non-hydrogen) atoms. The predicted octanol–water partition coefficient (Wildman–Crippen LogP) is 0.833. The zero-order chi connectivity index (χ0) is 14.4. The van der Waals surface area contributed by atoms with E-state index in [2.05, 4.69) is 10.2 Å². The first-order chi connectivity index (χ1) is 8.90. The Labute approximate surface area is 114 Å². The van der Waals surface area contributed by atoms with Gasteiger partial charge in [-0.1, -0.05) is 0 Å². The van der Waals surface area contributed by atoms with E-state index in [0.29, 0.717) is 19.4 Å². The van der Waals surface area contributed by atoms with E-state index in [1.165, 1.54) is 0 Å². The van der Waals surface area contributed by atoms with Crippen molar-refractivity contribution in [1.29, 1.82) is 0 Å². The Bertz CT molecular complexity index is 320. The normalized spacial score (nSPS) is 22.5. The summed E-state index contributed by atoms with van der Waals surface area (Å²) < 4.78 is 0. The fraction of sp³-hybridized carbons (Fsp3) is 0.846. The Balaban J connectivity index is 2.25. The number of aliphatic carboxylic acids is 1. The summed E-state index contributed by atoms with van der Waals surface area (Å²) >= 11 is 0. The molecule has 1 aliphatic carbocycles. The molecule has 0 unspecified atom stereocenters. The molecule has 0 radical (unpaired) electrons. The number of amides is 2. The monoisotopic (exact) mass is 271 g/mol. The van der Waals surface area contributed by atoms with E-state index in [0.717, 1.165) is 19.4 Å². The van der Waals surface area contributed by atoms with Crippen molar-refractivity contribution >= 4 is 12.0 Å². The summed E-state index contributed by atoms with van der Waals surface area (Å²) in [7, 11) is 5.78. The summed E-state index contributed by atoms with van der Waals surface area (Å²) in [6.45, 7) is 1.65. The third-order valence-electron chi connectivity index (χ3n) is 3.56. The second-order valence-electron chi connectivity index (χ2n) is 5.57. The van der Waals surface area contributed by atoms with E-state index in [1.807, 2.05) is 14.1 Å². The number of nitrogens with zero attached hydrogens (tertiary/aromatic N) is 2. The molecule has 1 fully saturated rings. The van der Waals surface area contributed by atoms with Crippen LogP contribution in [0.3, 0.4) is 0 Å². The first-order valence-corrected chi connectivity index (χ1v) is 6.79. The van der Waals surface area contributed by atoms with Gasteiger partial charge in [-0.2, -0.15) is 0 Å². The van der Waals surface area contributed by atoms with Gasteiger partial charge in [-0.05, 0) is 46.3 Å². The minimum atomic E-state index is -0.754. The number of carbonyl (C=O) groups excluding carboxylic acids is 1. The average Bonchev–Trinajstić information content (AvgIpc) is 2.76. The van der Waals surface area contributed by atoms with Gasteiger partial charge in [0.1, 0.15) is 0 Å². The molecular formula is C13H25N3O3. The lowest BCUT2D eigenvalue weighted by Crippen LogP contribution is -2.43. The van der Waals surface area contributed by atoms with Crippen molar-refractivity contribution in [3.63, 3.8) is 0 Å². The molecule has 0 aliphatic heterocycles. The van der Waals surface area contributed by atoms with Crippen LogP contribution >= 0.6 is 0 Å². The quantitative estimate of drug-likeness (QED) is 0.750. The lowest BCUT2D eigenvalue weighted by atomic mass is 10.1. The molecule has 1 rings (SSSR count). The maximum absolute atomic E-state index is 11.9. The van der Waals surface area contributed by atoms with Crippen molar-refractivity contribution in [3.05, 3.63) is 0 Å². The summed E-state index contributed by atoms with van der Waals surface area (Å²) in [4.78, 5) is 26.5. The first kappa shape index (κ1) is 15.8. The molecule has 0 spiro atoms. The molecule has 0 aromatic heterocycles. The third-order valence-corrected chi connectivity index (χ3v) is 3.56. The summed E-state index contributed by atoms with van der Waals surface area (Å²) in [6.07, 6.45) is 2.89. The van der Waals surface area contributed by atoms with Crippen molar-refractivity contribution in [2.24, 2.45) is 5.92 Å². The molecule has 0 heterocycles. The van der Waals surface area contributed by atoms with E-state index in [1.54, 1.807) is 11.9 Å². The Hall–Kier alpha value is -1.30. The van der Waals surface area contributed by atoms with Crippen molar-refractivity contribution in [1.82, 2.24) is 15.1 Å². The molecular weight excluding hydrogens is 246 g/mol. The number of carboxylic acids is 1. The number of nitrogens with one attached hydrogen (secondary N) is 1. The van der Waals surface area contributed by atoms with Gasteiger partial charge >= 0.3 is 12.0 Å². The van der Waals surface area contributed by atoms with Crippen LogP contribution in [0.2, 0.25) is 0 Å². The van der Waals surface area contributed by atoms with Crippen LogP contribution in [0.15, 0.2) is 0 Å². The maximum Gasteiger partial charge on any atom is 0.317 e. The first-order valence-electron chi connectivity index (χ1n) is 6.79. The summed E-state index contributed by atoms with van der Waals surface area (Å²) in [5.41, 5.74) is 0. The van der Waals surface area contributed by atoms with E-state index < -0.39 is 5.97 Å². The molecule has 0 bridgehead atoms. The smallest absolute Gasteiger partial charge is 0.317 e. The lowest BCUT2D eigenvalue weighted by Gasteiger charge is -2.21. The van der Waals surface area contributed by atoms with Gasteiger partial charge in [0, 0.05) is 19.6 Å². The standard InChI is InChI=1S/C13H25N3O3/c1-15(2)7-4-8-16(3)13(19)14-11-6-5-10(9-11)12(17)18/h10-11H,4-9H2,1-3H3,(H,14,19)(H,17,18)/t10-,11+/m1/s1. The topological polar surface area (TPSA) is 72.9 Å². The SMILES string of the molecule is CN(C)CCCN(C)C(=O)N[C@H]1CC[C@@H](C(=O)O)C1. The van der Waals surface area contributed by atoms with Crippen LogP contribution in [-0.4, -0.2) is 67.2 Å². The molecule has 2 amide bonds. The molecule has 2 atom stereocenters. The highest BCUT2D eigenvalue weighted by molar-refractivity contribution is 5.75. The number of hydrogen-bond acceptors (Lipinski definition) is 3. The van der Waals surface area contributed by atoms with Crippen molar-refractivity contribution in [2.75, 3.05) is 34.2 Å². The van der Waals surface area contributed by atoms with Crippen LogP contribution < -0.4 is 5.32 Å². The summed E-state index contributed by atoms with van der Waals surface area (Å²) in [5.74, 6) is -1.06. The molecule has 0 aromatic rings. The lowest BCUT2D eigenvalue weighted by molar-refractivity contribution is -0.141. The number of urea groups is 1. The van der Waals surface area contributed by atoms with Crippen LogP contribution in [-0.2, 0) is 4.79 Å². The minimum Gasteiger partial charge on any atom is -0.481 e. The second kappa shape index (κ2) is 7.33. The summed E-state index contributed by atoms with van der Waals surface area (Å²) in [5, 5.41) is 11.8. The van der Waals surface area contributed by atoms with Gasteiger partial charge in [-0.25, -0.2) is 4.79 Å². The van der Waals surface area contributed by atoms with Gasteiger partial charge in [0.2, 0.25) is 0 Å². The number of hydrogen-bond donors (Lipinski definition) is 2. The molecule has 1 aliphatic rings. The summed E-state index contributed by atoms with van der Waals surface area (Å²) in [6, 6.07) is -0.0975. The van der Waals surface area contributed by atoms with E-state index in [9.17, 15) is 9.59 Å². The van der Waals surface area contributed by atoms with E-state index >= 15 is 0 Å². The Morgan fingerprint density at radius 2 is 1.89 bits per heavy atom. The molecule has 0 aromatic carbocycles. The highest BCUT2D eigenvalue weighted by atomic mass is 16.4. The van der Waals surface area contributed by atoms with Gasteiger partial charge in [0.25, 0.3) is 0 Å². The molecule has 2 N–H and O–H groups in total. The molecule has 6 nitrogen and oxygen atoms in total. The number of carbonyl (C=O) groups is 2. The highest BCUT2D eigenvalue weighted by Crippen LogP contribution is 2.25. The van der Waals surface area contributed by atoms with Crippen molar-refractivity contribution < 1.29 is 14.7 Å².